The molecule has 0 saturated heterocycles. The van der Waals surface area contributed by atoms with Crippen LogP contribution in [0.25, 0.3) is 0 Å². The second-order valence-electron chi connectivity index (χ2n) is 5.22. The van der Waals surface area contributed by atoms with Gasteiger partial charge >= 0.3 is 6.61 Å². The van der Waals surface area contributed by atoms with Crippen molar-refractivity contribution in [3.8, 4) is 5.75 Å². The van der Waals surface area contributed by atoms with Crippen LogP contribution in [-0.4, -0.2) is 12.7 Å². The van der Waals surface area contributed by atoms with E-state index in [0.717, 1.165) is 12.3 Å². The quantitative estimate of drug-likeness (QED) is 0.696. The third-order valence-corrected chi connectivity index (χ3v) is 4.34. The van der Waals surface area contributed by atoms with E-state index in [1.165, 1.54) is 19.3 Å². The number of halogens is 4. The summed E-state index contributed by atoms with van der Waals surface area (Å²) in [5, 5.41) is 3.69. The first-order valence-corrected chi connectivity index (χ1v) is 7.83. The van der Waals surface area contributed by atoms with Crippen LogP contribution in [0.2, 0.25) is 5.02 Å². The lowest BCUT2D eigenvalue weighted by Gasteiger charge is -2.29. The van der Waals surface area contributed by atoms with Crippen LogP contribution in [0.1, 0.15) is 32.6 Å². The lowest BCUT2D eigenvalue weighted by molar-refractivity contribution is -0.0499. The normalized spacial score (nSPS) is 16.9. The minimum atomic E-state index is -2.87. The van der Waals surface area contributed by atoms with Crippen LogP contribution in [0.4, 0.5) is 14.5 Å². The van der Waals surface area contributed by atoms with Crippen molar-refractivity contribution in [1.82, 2.24) is 0 Å². The van der Waals surface area contributed by atoms with Crippen LogP contribution in [0.5, 0.6) is 5.75 Å². The molecule has 20 heavy (non-hydrogen) atoms. The zero-order valence-electron chi connectivity index (χ0n) is 11.1. The molecule has 0 amide bonds. The zero-order chi connectivity index (χ0) is 14.7. The van der Waals surface area contributed by atoms with Gasteiger partial charge in [-0.15, -0.1) is 0 Å². The maximum absolute atomic E-state index is 12.5. The van der Waals surface area contributed by atoms with E-state index in [2.05, 4.69) is 26.0 Å². The number of anilines is 1. The van der Waals surface area contributed by atoms with Gasteiger partial charge in [0.05, 0.1) is 10.2 Å². The summed E-state index contributed by atoms with van der Waals surface area (Å²) in [5.74, 6) is 0.837. The fourth-order valence-corrected chi connectivity index (χ4v) is 3.33. The number of ether oxygens (including phenoxy) is 1. The van der Waals surface area contributed by atoms with Crippen molar-refractivity contribution in [1.29, 1.82) is 0 Å². The van der Waals surface area contributed by atoms with Crippen molar-refractivity contribution in [3.63, 3.8) is 0 Å². The van der Waals surface area contributed by atoms with Gasteiger partial charge in [-0.3, -0.25) is 0 Å². The molecule has 0 spiro atoms. The molecule has 1 saturated carbocycles. The molecular weight excluding hydrogens is 352 g/mol. The highest BCUT2D eigenvalue weighted by Gasteiger charge is 2.21. The molecule has 1 N–H and O–H groups in total. The summed E-state index contributed by atoms with van der Waals surface area (Å²) in [6.07, 6.45) is 4.83. The molecule has 2 rings (SSSR count). The molecule has 0 heterocycles. The van der Waals surface area contributed by atoms with Crippen molar-refractivity contribution in [2.45, 2.75) is 45.3 Å². The SMILES string of the molecule is CC(CC1CCC1)Nc1cc(Cl)cc(Br)c1OC(F)F. The molecule has 0 radical (unpaired) electrons. The first kappa shape index (κ1) is 15.8. The first-order chi connectivity index (χ1) is 9.45. The van der Waals surface area contributed by atoms with E-state index < -0.39 is 6.61 Å². The van der Waals surface area contributed by atoms with E-state index in [-0.39, 0.29) is 11.8 Å². The smallest absolute Gasteiger partial charge is 0.387 e. The van der Waals surface area contributed by atoms with Crippen LogP contribution in [0, 0.1) is 5.92 Å². The third kappa shape index (κ3) is 4.22. The highest BCUT2D eigenvalue weighted by atomic mass is 79.9. The van der Waals surface area contributed by atoms with Crippen molar-refractivity contribution < 1.29 is 13.5 Å². The van der Waals surface area contributed by atoms with Gasteiger partial charge in [0.1, 0.15) is 0 Å². The molecule has 1 aromatic carbocycles. The van der Waals surface area contributed by atoms with Gasteiger partial charge in [-0.2, -0.15) is 8.78 Å². The van der Waals surface area contributed by atoms with Crippen LogP contribution in [0.3, 0.4) is 0 Å². The molecule has 0 aliphatic heterocycles. The molecule has 1 atom stereocenters. The Kier molecular flexibility index (Phi) is 5.49. The molecular formula is C14H17BrClF2NO. The Morgan fingerprint density at radius 2 is 2.15 bits per heavy atom. The maximum atomic E-state index is 12.5. The number of hydrogen-bond acceptors (Lipinski definition) is 2. The topological polar surface area (TPSA) is 21.3 Å². The fraction of sp³-hybridized carbons (Fsp3) is 0.571. The van der Waals surface area contributed by atoms with E-state index in [0.29, 0.717) is 15.2 Å². The van der Waals surface area contributed by atoms with E-state index >= 15 is 0 Å². The molecule has 6 heteroatoms. The Bertz CT molecular complexity index is 469. The summed E-state index contributed by atoms with van der Waals surface area (Å²) >= 11 is 9.18. The molecule has 2 nitrogen and oxygen atoms in total. The highest BCUT2D eigenvalue weighted by molar-refractivity contribution is 9.10. The molecule has 1 unspecified atom stereocenters. The molecule has 112 valence electrons. The Morgan fingerprint density at radius 3 is 2.70 bits per heavy atom. The predicted molar refractivity (Wildman–Crippen MR) is 80.8 cm³/mol. The summed E-state index contributed by atoms with van der Waals surface area (Å²) in [6, 6.07) is 3.34. The summed E-state index contributed by atoms with van der Waals surface area (Å²) in [6.45, 7) is -0.825. The summed E-state index contributed by atoms with van der Waals surface area (Å²) < 4.78 is 30.0. The van der Waals surface area contributed by atoms with Gasteiger partial charge in [0.2, 0.25) is 0 Å². The predicted octanol–water partition coefficient (Wildman–Crippen LogP) is 5.69. The summed E-state index contributed by atoms with van der Waals surface area (Å²) in [5.41, 5.74) is 0.497. The Morgan fingerprint density at radius 1 is 1.45 bits per heavy atom. The number of nitrogens with one attached hydrogen (secondary N) is 1. The second-order valence-corrected chi connectivity index (χ2v) is 6.51. The lowest BCUT2D eigenvalue weighted by Crippen LogP contribution is -2.23. The van der Waals surface area contributed by atoms with E-state index in [9.17, 15) is 8.78 Å². The lowest BCUT2D eigenvalue weighted by atomic mass is 9.81. The largest absolute Gasteiger partial charge is 0.431 e. The number of alkyl halides is 2. The summed E-state index contributed by atoms with van der Waals surface area (Å²) in [7, 11) is 0. The van der Waals surface area contributed by atoms with E-state index in [1.807, 2.05) is 6.92 Å². The van der Waals surface area contributed by atoms with E-state index in [4.69, 9.17) is 11.6 Å². The van der Waals surface area contributed by atoms with Crippen molar-refractivity contribution in [2.24, 2.45) is 5.92 Å². The van der Waals surface area contributed by atoms with Crippen molar-refractivity contribution in [2.75, 3.05) is 5.32 Å². The third-order valence-electron chi connectivity index (χ3n) is 3.53. The van der Waals surface area contributed by atoms with Gasteiger partial charge in [0, 0.05) is 11.1 Å². The number of rotatable bonds is 6. The maximum Gasteiger partial charge on any atom is 0.387 e. The van der Waals surface area contributed by atoms with Crippen LogP contribution in [-0.2, 0) is 0 Å². The van der Waals surface area contributed by atoms with Gasteiger partial charge in [0.25, 0.3) is 0 Å². The van der Waals surface area contributed by atoms with E-state index in [1.54, 1.807) is 12.1 Å². The van der Waals surface area contributed by atoms with Crippen LogP contribution < -0.4 is 10.1 Å². The van der Waals surface area contributed by atoms with Crippen molar-refractivity contribution in [3.05, 3.63) is 21.6 Å². The van der Waals surface area contributed by atoms with Crippen LogP contribution in [0.15, 0.2) is 16.6 Å². The Hall–Kier alpha value is -0.550. The molecule has 0 aromatic heterocycles. The van der Waals surface area contributed by atoms with Crippen molar-refractivity contribution >= 4 is 33.2 Å². The molecule has 1 aromatic rings. The standard InChI is InChI=1S/C14H17BrClF2NO/c1-8(5-9-3-2-4-9)19-12-7-10(16)6-11(15)13(12)20-14(17)18/h6-9,14,19H,2-5H2,1H3. The molecule has 1 aliphatic carbocycles. The molecule has 1 aliphatic rings. The van der Waals surface area contributed by atoms with Gasteiger partial charge in [-0.05, 0) is 47.3 Å². The zero-order valence-corrected chi connectivity index (χ0v) is 13.5. The van der Waals surface area contributed by atoms with Gasteiger partial charge in [0.15, 0.2) is 5.75 Å². The Labute approximate surface area is 131 Å². The van der Waals surface area contributed by atoms with Gasteiger partial charge < -0.3 is 10.1 Å². The minimum absolute atomic E-state index is 0.102. The molecule has 0 bridgehead atoms. The second kappa shape index (κ2) is 6.94. The van der Waals surface area contributed by atoms with Gasteiger partial charge in [-0.1, -0.05) is 30.9 Å². The monoisotopic (exact) mass is 367 g/mol. The fourth-order valence-electron chi connectivity index (χ4n) is 2.43. The first-order valence-electron chi connectivity index (χ1n) is 6.66. The number of hydrogen-bond donors (Lipinski definition) is 1. The Balaban J connectivity index is 2.11. The van der Waals surface area contributed by atoms with Crippen LogP contribution >= 0.6 is 27.5 Å². The van der Waals surface area contributed by atoms with Gasteiger partial charge in [-0.25, -0.2) is 0 Å². The highest BCUT2D eigenvalue weighted by Crippen LogP contribution is 2.39. The average molecular weight is 369 g/mol. The molecule has 1 fully saturated rings. The summed E-state index contributed by atoms with van der Waals surface area (Å²) in [4.78, 5) is 0. The minimum Gasteiger partial charge on any atom is -0.431 e. The number of benzene rings is 1. The average Bonchev–Trinajstić information content (AvgIpc) is 2.28.